The second-order valence-electron chi connectivity index (χ2n) is 16.4. The van der Waals surface area contributed by atoms with Gasteiger partial charge in [0.25, 0.3) is 0 Å². The van der Waals surface area contributed by atoms with Gasteiger partial charge in [-0.3, -0.25) is 0 Å². The van der Waals surface area contributed by atoms with Gasteiger partial charge in [-0.15, -0.1) is 0 Å². The Morgan fingerprint density at radius 1 is 0.271 bits per heavy atom. The second kappa shape index (κ2) is 10.5. The van der Waals surface area contributed by atoms with Crippen LogP contribution in [0.2, 0.25) is 0 Å². The Hall–Kier alpha value is -7.88. The molecule has 0 aliphatic carbocycles. The average Bonchev–Trinajstić information content (AvgIpc) is 4.09. The highest BCUT2D eigenvalue weighted by atomic mass is 15.0. The van der Waals surface area contributed by atoms with Crippen LogP contribution in [0.15, 0.2) is 188 Å². The van der Waals surface area contributed by atoms with Gasteiger partial charge < -0.3 is 13.4 Å². The topological polar surface area (TPSA) is 13.8 Å². The first-order valence-electron chi connectivity index (χ1n) is 20.5. The van der Waals surface area contributed by atoms with Crippen molar-refractivity contribution in [2.45, 2.75) is 0 Å². The van der Waals surface area contributed by atoms with E-state index < -0.39 is 0 Å². The fraction of sp³-hybridized carbons (Fsp3) is 0. The van der Waals surface area contributed by atoms with Crippen LogP contribution in [0.25, 0.3) is 136 Å². The number of benzene rings is 10. The number of fused-ring (bicyclic) bond motifs is 20. The van der Waals surface area contributed by atoms with Crippen LogP contribution in [0.3, 0.4) is 0 Å². The highest BCUT2D eigenvalue weighted by molar-refractivity contribution is 6.39. The van der Waals surface area contributed by atoms with E-state index in [4.69, 9.17) is 0 Å². The van der Waals surface area contributed by atoms with Crippen molar-refractivity contribution < 1.29 is 0 Å². The summed E-state index contributed by atoms with van der Waals surface area (Å²) in [7, 11) is 0. The normalized spacial score (nSPS) is 12.7. The van der Waals surface area contributed by atoms with Gasteiger partial charge >= 0.3 is 0 Å². The summed E-state index contributed by atoms with van der Waals surface area (Å²) in [6.45, 7) is 0. The lowest BCUT2D eigenvalue weighted by atomic mass is 9.96. The van der Waals surface area contributed by atoms with Gasteiger partial charge in [-0.05, 0) is 81.7 Å². The summed E-state index contributed by atoms with van der Waals surface area (Å²) in [6.07, 6.45) is 0. The number of para-hydroxylation sites is 4. The lowest BCUT2D eigenvalue weighted by molar-refractivity contribution is 1.18. The van der Waals surface area contributed by atoms with Crippen molar-refractivity contribution in [1.29, 1.82) is 0 Å². The molecule has 270 valence electrons. The maximum atomic E-state index is 2.61. The van der Waals surface area contributed by atoms with Crippen LogP contribution in [-0.2, 0) is 0 Å². The number of hydrogen-bond acceptors (Lipinski definition) is 0. The summed E-state index contributed by atoms with van der Waals surface area (Å²) in [5.74, 6) is 0. The third-order valence-electron chi connectivity index (χ3n) is 13.6. The molecule has 0 radical (unpaired) electrons. The molecule has 0 bridgehead atoms. The van der Waals surface area contributed by atoms with Crippen molar-refractivity contribution in [2.24, 2.45) is 0 Å². The minimum atomic E-state index is 1.17. The van der Waals surface area contributed by atoms with Crippen molar-refractivity contribution in [3.05, 3.63) is 188 Å². The Labute approximate surface area is 336 Å². The fourth-order valence-corrected chi connectivity index (χ4v) is 11.4. The van der Waals surface area contributed by atoms with Crippen molar-refractivity contribution in [3.8, 4) is 16.8 Å². The molecule has 0 spiro atoms. The quantitative estimate of drug-likeness (QED) is 0.167. The molecular weight excluding hydrogens is 715 g/mol. The summed E-state index contributed by atoms with van der Waals surface area (Å²) < 4.78 is 7.55. The first-order valence-corrected chi connectivity index (χ1v) is 20.5. The van der Waals surface area contributed by atoms with Crippen molar-refractivity contribution in [1.82, 2.24) is 13.4 Å². The van der Waals surface area contributed by atoms with E-state index >= 15 is 0 Å². The molecular formula is C56H31N3. The van der Waals surface area contributed by atoms with E-state index in [2.05, 4.69) is 201 Å². The maximum absolute atomic E-state index is 2.61. The van der Waals surface area contributed by atoms with E-state index in [9.17, 15) is 0 Å². The van der Waals surface area contributed by atoms with Gasteiger partial charge in [0.05, 0.1) is 44.1 Å². The third kappa shape index (κ3) is 3.58. The largest absolute Gasteiger partial charge is 0.309 e. The second-order valence-corrected chi connectivity index (χ2v) is 16.4. The molecule has 0 N–H and O–H groups in total. The Kier molecular flexibility index (Phi) is 5.41. The van der Waals surface area contributed by atoms with E-state index in [1.54, 1.807) is 0 Å². The van der Waals surface area contributed by atoms with Crippen LogP contribution >= 0.6 is 0 Å². The minimum Gasteiger partial charge on any atom is -0.309 e. The van der Waals surface area contributed by atoms with Gasteiger partial charge in [0.2, 0.25) is 0 Å². The highest BCUT2D eigenvalue weighted by Gasteiger charge is 2.27. The maximum Gasteiger partial charge on any atom is 0.0627 e. The molecule has 0 saturated heterocycles. The Morgan fingerprint density at radius 3 is 1.69 bits per heavy atom. The molecule has 15 aromatic rings. The minimum absolute atomic E-state index is 1.17. The molecule has 0 saturated carbocycles. The van der Waals surface area contributed by atoms with Gasteiger partial charge in [-0.25, -0.2) is 0 Å². The molecule has 0 aliphatic heterocycles. The molecule has 5 heterocycles. The summed E-state index contributed by atoms with van der Waals surface area (Å²) in [4.78, 5) is 0. The van der Waals surface area contributed by atoms with E-state index in [0.29, 0.717) is 0 Å². The van der Waals surface area contributed by atoms with Crippen LogP contribution in [0, 0.1) is 0 Å². The summed E-state index contributed by atoms with van der Waals surface area (Å²) >= 11 is 0. The van der Waals surface area contributed by atoms with Gasteiger partial charge in [-0.2, -0.15) is 0 Å². The molecule has 0 atom stereocenters. The van der Waals surface area contributed by atoms with Gasteiger partial charge in [0.1, 0.15) is 0 Å². The summed E-state index contributed by atoms with van der Waals surface area (Å²) in [5, 5.41) is 18.2. The Bertz CT molecular complexity index is 4290. The third-order valence-corrected chi connectivity index (χ3v) is 13.6. The molecule has 3 nitrogen and oxygen atoms in total. The Morgan fingerprint density at radius 2 is 0.847 bits per heavy atom. The summed E-state index contributed by atoms with van der Waals surface area (Å²) in [5.41, 5.74) is 13.7. The predicted octanol–water partition coefficient (Wildman–Crippen LogP) is 15.1. The molecule has 10 aromatic carbocycles. The molecule has 0 aliphatic rings. The molecule has 0 amide bonds. The van der Waals surface area contributed by atoms with Crippen molar-refractivity contribution in [2.75, 3.05) is 0 Å². The zero-order chi connectivity index (χ0) is 38.1. The van der Waals surface area contributed by atoms with Crippen molar-refractivity contribution >= 4 is 120 Å². The fourth-order valence-electron chi connectivity index (χ4n) is 11.4. The number of rotatable bonds is 2. The molecule has 0 unspecified atom stereocenters. The number of nitrogens with zero attached hydrogens (tertiary/aromatic N) is 3. The SMILES string of the molecule is c1ccc(-n2c3ccccc3c3cc(-c4cccc5c6c7ccccc7cc7c8c9c%10cccc%11c%12c%13ccccc%13ccc%12n(c9ccc8n(c45)c76)c%11%10)ccc32)cc1. The average molecular weight is 746 g/mol. The highest BCUT2D eigenvalue weighted by Crippen LogP contribution is 2.50. The van der Waals surface area contributed by atoms with E-state index in [-0.39, 0.29) is 0 Å². The molecule has 0 fully saturated rings. The smallest absolute Gasteiger partial charge is 0.0627 e. The van der Waals surface area contributed by atoms with Crippen LogP contribution < -0.4 is 0 Å². The standard InChI is InChI=1S/C56H31N3/c1-2-14-35(15-3-1)57-45-23-9-8-18-39(45)43-30-34(25-26-46(43)57)38-19-10-21-41-51-37-17-7-5-13-33(37)31-44-53-49(59(54(38)41)56(44)51)29-28-48-52(53)42-22-11-20-40-50-36-16-6-4-12-32(36)24-27-47(50)58(48)55(40)42/h1-31H. The predicted molar refractivity (Wildman–Crippen MR) is 251 cm³/mol. The molecule has 59 heavy (non-hydrogen) atoms. The van der Waals surface area contributed by atoms with Gasteiger partial charge in [0, 0.05) is 65.1 Å². The van der Waals surface area contributed by atoms with Crippen LogP contribution in [0.1, 0.15) is 0 Å². The molecule has 15 rings (SSSR count). The molecule has 5 aromatic heterocycles. The lowest BCUT2D eigenvalue weighted by Crippen LogP contribution is -1.93. The van der Waals surface area contributed by atoms with Crippen molar-refractivity contribution in [3.63, 3.8) is 0 Å². The number of hydrogen-bond donors (Lipinski definition) is 0. The monoisotopic (exact) mass is 745 g/mol. The van der Waals surface area contributed by atoms with Crippen LogP contribution in [-0.4, -0.2) is 13.4 Å². The molecule has 3 heteroatoms. The van der Waals surface area contributed by atoms with E-state index in [0.717, 1.165) is 0 Å². The van der Waals surface area contributed by atoms with E-state index in [1.165, 1.54) is 136 Å². The first-order chi connectivity index (χ1) is 29.3. The van der Waals surface area contributed by atoms with Gasteiger partial charge in [0.15, 0.2) is 0 Å². The van der Waals surface area contributed by atoms with E-state index in [1.807, 2.05) is 0 Å². The number of aromatic nitrogens is 3. The zero-order valence-electron chi connectivity index (χ0n) is 31.7. The van der Waals surface area contributed by atoms with Crippen LogP contribution in [0.5, 0.6) is 0 Å². The van der Waals surface area contributed by atoms with Gasteiger partial charge in [-0.1, -0.05) is 133 Å². The summed E-state index contributed by atoms with van der Waals surface area (Å²) in [6, 6.07) is 70.2. The Balaban J connectivity index is 1.11. The lowest BCUT2D eigenvalue weighted by Gasteiger charge is -2.10. The van der Waals surface area contributed by atoms with Crippen LogP contribution in [0.4, 0.5) is 0 Å². The first kappa shape index (κ1) is 30.3. The zero-order valence-corrected chi connectivity index (χ0v) is 31.7.